The molecule has 0 saturated heterocycles. The number of anilines is 1. The number of carbonyl (C=O) groups is 1. The SMILES string of the molecule is COc1ccc(/C=C/C(=O)Nc2ccc(-c3nnc4n3CCCCC4)cc2)cc1. The molecule has 0 unspecified atom stereocenters. The molecule has 6 nitrogen and oxygen atoms in total. The van der Waals surface area contributed by atoms with E-state index in [1.54, 1.807) is 13.2 Å². The number of ether oxygens (including phenoxy) is 1. The fraction of sp³-hybridized carbons (Fsp3) is 0.261. The number of aromatic nitrogens is 3. The van der Waals surface area contributed by atoms with Crippen LogP contribution in [0.3, 0.4) is 0 Å². The van der Waals surface area contributed by atoms with Crippen LogP contribution in [0.5, 0.6) is 5.75 Å². The molecule has 0 fully saturated rings. The number of carbonyl (C=O) groups excluding carboxylic acids is 1. The molecule has 0 spiro atoms. The summed E-state index contributed by atoms with van der Waals surface area (Å²) in [5, 5.41) is 11.6. The van der Waals surface area contributed by atoms with Crippen molar-refractivity contribution in [2.45, 2.75) is 32.2 Å². The lowest BCUT2D eigenvalue weighted by Gasteiger charge is -2.08. The van der Waals surface area contributed by atoms with Crippen molar-refractivity contribution in [2.24, 2.45) is 0 Å². The molecular weight excluding hydrogens is 364 g/mol. The molecule has 0 bridgehead atoms. The third kappa shape index (κ3) is 4.54. The van der Waals surface area contributed by atoms with Gasteiger partial charge in [-0.3, -0.25) is 4.79 Å². The maximum Gasteiger partial charge on any atom is 0.248 e. The first-order valence-corrected chi connectivity index (χ1v) is 9.88. The number of nitrogens with one attached hydrogen (secondary N) is 1. The van der Waals surface area contributed by atoms with Crippen molar-refractivity contribution in [3.63, 3.8) is 0 Å². The first-order chi connectivity index (χ1) is 14.2. The molecule has 0 radical (unpaired) electrons. The number of rotatable bonds is 5. The average Bonchev–Trinajstić information content (AvgIpc) is 3.01. The van der Waals surface area contributed by atoms with E-state index in [1.165, 1.54) is 18.9 Å². The van der Waals surface area contributed by atoms with E-state index in [0.29, 0.717) is 0 Å². The van der Waals surface area contributed by atoms with E-state index in [2.05, 4.69) is 20.1 Å². The molecule has 29 heavy (non-hydrogen) atoms. The lowest BCUT2D eigenvalue weighted by atomic mass is 10.2. The van der Waals surface area contributed by atoms with E-state index in [9.17, 15) is 4.79 Å². The summed E-state index contributed by atoms with van der Waals surface area (Å²) in [4.78, 5) is 12.2. The number of aryl methyl sites for hydroxylation is 1. The molecule has 6 heteroatoms. The molecule has 0 atom stereocenters. The minimum absolute atomic E-state index is 0.176. The summed E-state index contributed by atoms with van der Waals surface area (Å²) in [6.45, 7) is 0.965. The summed E-state index contributed by atoms with van der Waals surface area (Å²) in [5.74, 6) is 2.58. The lowest BCUT2D eigenvalue weighted by molar-refractivity contribution is -0.111. The number of fused-ring (bicyclic) bond motifs is 1. The van der Waals surface area contributed by atoms with Gasteiger partial charge in [0, 0.05) is 30.3 Å². The maximum atomic E-state index is 12.2. The van der Waals surface area contributed by atoms with Crippen molar-refractivity contribution in [2.75, 3.05) is 12.4 Å². The van der Waals surface area contributed by atoms with Crippen LogP contribution in [0.4, 0.5) is 5.69 Å². The monoisotopic (exact) mass is 388 g/mol. The summed E-state index contributed by atoms with van der Waals surface area (Å²) in [6, 6.07) is 15.3. The van der Waals surface area contributed by atoms with Crippen molar-refractivity contribution >= 4 is 17.7 Å². The average molecular weight is 388 g/mol. The van der Waals surface area contributed by atoms with Crippen LogP contribution in [0.1, 0.15) is 30.7 Å². The Morgan fingerprint density at radius 3 is 2.59 bits per heavy atom. The Labute approximate surface area is 170 Å². The Bertz CT molecular complexity index is 1000. The molecule has 1 amide bonds. The Morgan fingerprint density at radius 2 is 1.83 bits per heavy atom. The van der Waals surface area contributed by atoms with E-state index < -0.39 is 0 Å². The predicted octanol–water partition coefficient (Wildman–Crippen LogP) is 4.33. The normalized spacial score (nSPS) is 13.7. The second-order valence-electron chi connectivity index (χ2n) is 7.08. The Morgan fingerprint density at radius 1 is 1.03 bits per heavy atom. The van der Waals surface area contributed by atoms with Gasteiger partial charge in [0.05, 0.1) is 7.11 Å². The van der Waals surface area contributed by atoms with Crippen molar-refractivity contribution in [3.8, 4) is 17.1 Å². The molecule has 2 heterocycles. The number of benzene rings is 2. The molecule has 0 aliphatic carbocycles. The van der Waals surface area contributed by atoms with Gasteiger partial charge in [-0.15, -0.1) is 10.2 Å². The number of hydrogen-bond donors (Lipinski definition) is 1. The van der Waals surface area contributed by atoms with Crippen LogP contribution < -0.4 is 10.1 Å². The fourth-order valence-electron chi connectivity index (χ4n) is 3.47. The van der Waals surface area contributed by atoms with Crippen LogP contribution in [-0.4, -0.2) is 27.8 Å². The van der Waals surface area contributed by atoms with E-state index in [0.717, 1.165) is 53.6 Å². The molecule has 148 valence electrons. The number of nitrogens with zero attached hydrogens (tertiary/aromatic N) is 3. The highest BCUT2D eigenvalue weighted by molar-refractivity contribution is 6.02. The van der Waals surface area contributed by atoms with Crippen LogP contribution in [0, 0.1) is 0 Å². The smallest absolute Gasteiger partial charge is 0.248 e. The third-order valence-corrected chi connectivity index (χ3v) is 5.06. The molecule has 1 aliphatic rings. The zero-order valence-corrected chi connectivity index (χ0v) is 16.5. The summed E-state index contributed by atoms with van der Waals surface area (Å²) < 4.78 is 7.35. The first kappa shape index (κ1) is 18.9. The zero-order chi connectivity index (χ0) is 20.1. The van der Waals surface area contributed by atoms with Gasteiger partial charge in [0.2, 0.25) is 5.91 Å². The summed E-state index contributed by atoms with van der Waals surface area (Å²) >= 11 is 0. The zero-order valence-electron chi connectivity index (χ0n) is 16.5. The number of amides is 1. The van der Waals surface area contributed by atoms with Gasteiger partial charge in [-0.05, 0) is 60.9 Å². The molecule has 1 N–H and O–H groups in total. The Hall–Kier alpha value is -3.41. The maximum absolute atomic E-state index is 12.2. The minimum Gasteiger partial charge on any atom is -0.497 e. The van der Waals surface area contributed by atoms with Crippen molar-refractivity contribution in [1.29, 1.82) is 0 Å². The predicted molar refractivity (Wildman–Crippen MR) is 114 cm³/mol. The molecule has 1 aromatic heterocycles. The second-order valence-corrected chi connectivity index (χ2v) is 7.08. The van der Waals surface area contributed by atoms with Crippen LogP contribution in [-0.2, 0) is 17.8 Å². The molecule has 2 aromatic carbocycles. The number of hydrogen-bond acceptors (Lipinski definition) is 4. The van der Waals surface area contributed by atoms with Crippen LogP contribution in [0.15, 0.2) is 54.6 Å². The largest absolute Gasteiger partial charge is 0.497 e. The van der Waals surface area contributed by atoms with Crippen molar-refractivity contribution in [3.05, 3.63) is 66.0 Å². The first-order valence-electron chi connectivity index (χ1n) is 9.88. The van der Waals surface area contributed by atoms with Crippen molar-refractivity contribution < 1.29 is 9.53 Å². The van der Waals surface area contributed by atoms with Gasteiger partial charge in [-0.1, -0.05) is 18.6 Å². The lowest BCUT2D eigenvalue weighted by Crippen LogP contribution is -2.07. The second kappa shape index (κ2) is 8.73. The standard InChI is InChI=1S/C23H24N4O2/c1-29-20-13-6-17(7-14-20)8-15-22(28)24-19-11-9-18(10-12-19)23-26-25-21-5-3-2-4-16-27(21)23/h6-15H,2-5,16H2,1H3,(H,24,28)/b15-8+. The van der Waals surface area contributed by atoms with Gasteiger partial charge in [0.15, 0.2) is 5.82 Å². The van der Waals surface area contributed by atoms with E-state index >= 15 is 0 Å². The topological polar surface area (TPSA) is 69.0 Å². The van der Waals surface area contributed by atoms with Gasteiger partial charge in [-0.2, -0.15) is 0 Å². The van der Waals surface area contributed by atoms with E-state index in [1.807, 2.05) is 48.5 Å². The van der Waals surface area contributed by atoms with E-state index in [-0.39, 0.29) is 5.91 Å². The van der Waals surface area contributed by atoms with Gasteiger partial charge >= 0.3 is 0 Å². The van der Waals surface area contributed by atoms with Crippen LogP contribution in [0.2, 0.25) is 0 Å². The van der Waals surface area contributed by atoms with Gasteiger partial charge in [-0.25, -0.2) is 0 Å². The third-order valence-electron chi connectivity index (χ3n) is 5.06. The molecular formula is C23H24N4O2. The summed E-state index contributed by atoms with van der Waals surface area (Å²) in [6.07, 6.45) is 7.85. The Kier molecular flexibility index (Phi) is 5.70. The number of methoxy groups -OCH3 is 1. The van der Waals surface area contributed by atoms with Gasteiger partial charge in [0.25, 0.3) is 0 Å². The molecule has 3 aromatic rings. The quantitative estimate of drug-likeness (QED) is 0.661. The highest BCUT2D eigenvalue weighted by atomic mass is 16.5. The minimum atomic E-state index is -0.176. The van der Waals surface area contributed by atoms with Gasteiger partial charge < -0.3 is 14.6 Å². The van der Waals surface area contributed by atoms with Crippen LogP contribution in [0.25, 0.3) is 17.5 Å². The highest BCUT2D eigenvalue weighted by Gasteiger charge is 2.15. The fourth-order valence-corrected chi connectivity index (χ4v) is 3.47. The summed E-state index contributed by atoms with van der Waals surface area (Å²) in [7, 11) is 1.63. The van der Waals surface area contributed by atoms with Crippen molar-refractivity contribution in [1.82, 2.24) is 14.8 Å². The van der Waals surface area contributed by atoms with Crippen LogP contribution >= 0.6 is 0 Å². The molecule has 0 saturated carbocycles. The van der Waals surface area contributed by atoms with E-state index in [4.69, 9.17) is 4.74 Å². The molecule has 4 rings (SSSR count). The Balaban J connectivity index is 1.41. The highest BCUT2D eigenvalue weighted by Crippen LogP contribution is 2.24. The summed E-state index contributed by atoms with van der Waals surface area (Å²) in [5.41, 5.74) is 2.69. The van der Waals surface area contributed by atoms with Gasteiger partial charge in [0.1, 0.15) is 11.6 Å². The molecule has 1 aliphatic heterocycles.